The van der Waals surface area contributed by atoms with Gasteiger partial charge in [0.2, 0.25) is 0 Å². The molecule has 0 atom stereocenters. The summed E-state index contributed by atoms with van der Waals surface area (Å²) in [6.45, 7) is 0. The van der Waals surface area contributed by atoms with E-state index in [0.29, 0.717) is 0 Å². The van der Waals surface area contributed by atoms with E-state index in [0.717, 1.165) is 31.5 Å². The standard InChI is InChI=1S/2C11H8BrN/c2*12-10-6-4-9(5-7-10)11-3-1-2-8-13-11/h2*1-8H. The van der Waals surface area contributed by atoms with Crippen LogP contribution in [0.5, 0.6) is 0 Å². The third-order valence-corrected chi connectivity index (χ3v) is 4.67. The number of pyridine rings is 2. The molecule has 0 unspecified atom stereocenters. The molecule has 0 bridgehead atoms. The largest absolute Gasteiger partial charge is 0.256 e. The molecule has 4 aromatic rings. The average molecular weight is 468 g/mol. The Hall–Kier alpha value is -2.30. The third-order valence-electron chi connectivity index (χ3n) is 3.61. The molecule has 0 saturated heterocycles. The van der Waals surface area contributed by atoms with Crippen molar-refractivity contribution in [3.05, 3.63) is 106 Å². The van der Waals surface area contributed by atoms with Crippen molar-refractivity contribution in [1.29, 1.82) is 0 Å². The lowest BCUT2D eigenvalue weighted by Gasteiger charge is -1.99. The van der Waals surface area contributed by atoms with Gasteiger partial charge in [-0.05, 0) is 48.5 Å². The minimum Gasteiger partial charge on any atom is -0.256 e. The van der Waals surface area contributed by atoms with Crippen molar-refractivity contribution in [2.45, 2.75) is 0 Å². The second kappa shape index (κ2) is 9.41. The Labute approximate surface area is 170 Å². The van der Waals surface area contributed by atoms with Crippen LogP contribution in [-0.2, 0) is 0 Å². The van der Waals surface area contributed by atoms with Gasteiger partial charge in [0.1, 0.15) is 0 Å². The van der Waals surface area contributed by atoms with Gasteiger partial charge in [-0.3, -0.25) is 9.97 Å². The molecule has 0 N–H and O–H groups in total. The van der Waals surface area contributed by atoms with E-state index in [1.165, 1.54) is 0 Å². The highest BCUT2D eigenvalue weighted by molar-refractivity contribution is 9.10. The number of nitrogens with zero attached hydrogens (tertiary/aromatic N) is 2. The average Bonchev–Trinajstić information content (AvgIpc) is 2.71. The molecular formula is C22H16Br2N2. The first-order chi connectivity index (χ1) is 12.7. The highest BCUT2D eigenvalue weighted by Gasteiger charge is 1.97. The van der Waals surface area contributed by atoms with Crippen molar-refractivity contribution in [3.8, 4) is 22.5 Å². The van der Waals surface area contributed by atoms with Crippen molar-refractivity contribution in [2.24, 2.45) is 0 Å². The molecule has 0 aliphatic carbocycles. The van der Waals surface area contributed by atoms with Crippen molar-refractivity contribution >= 4 is 31.9 Å². The van der Waals surface area contributed by atoms with Crippen LogP contribution in [0.2, 0.25) is 0 Å². The molecule has 0 radical (unpaired) electrons. The predicted octanol–water partition coefficient (Wildman–Crippen LogP) is 7.02. The summed E-state index contributed by atoms with van der Waals surface area (Å²) in [5.74, 6) is 0. The van der Waals surface area contributed by atoms with Crippen LogP contribution in [0.4, 0.5) is 0 Å². The van der Waals surface area contributed by atoms with E-state index in [2.05, 4.69) is 41.8 Å². The van der Waals surface area contributed by atoms with Crippen molar-refractivity contribution in [3.63, 3.8) is 0 Å². The van der Waals surface area contributed by atoms with Crippen LogP contribution in [0.15, 0.2) is 106 Å². The van der Waals surface area contributed by atoms with Crippen LogP contribution < -0.4 is 0 Å². The second-order valence-electron chi connectivity index (χ2n) is 5.44. The fraction of sp³-hybridized carbons (Fsp3) is 0. The first kappa shape index (κ1) is 18.5. The third kappa shape index (κ3) is 5.35. The van der Waals surface area contributed by atoms with Crippen LogP contribution >= 0.6 is 31.9 Å². The fourth-order valence-corrected chi connectivity index (χ4v) is 2.84. The molecule has 0 aliphatic rings. The zero-order valence-corrected chi connectivity index (χ0v) is 17.1. The van der Waals surface area contributed by atoms with Gasteiger partial charge in [0.05, 0.1) is 11.4 Å². The number of benzene rings is 2. The molecule has 0 spiro atoms. The van der Waals surface area contributed by atoms with Crippen molar-refractivity contribution in [1.82, 2.24) is 9.97 Å². The van der Waals surface area contributed by atoms with Gasteiger partial charge in [-0.2, -0.15) is 0 Å². The summed E-state index contributed by atoms with van der Waals surface area (Å²) < 4.78 is 2.18. The van der Waals surface area contributed by atoms with E-state index < -0.39 is 0 Å². The number of aromatic nitrogens is 2. The van der Waals surface area contributed by atoms with Crippen LogP contribution in [0.25, 0.3) is 22.5 Å². The van der Waals surface area contributed by atoms with E-state index in [4.69, 9.17) is 0 Å². The molecule has 2 aromatic heterocycles. The normalized spacial score (nSPS) is 9.92. The maximum Gasteiger partial charge on any atom is 0.0701 e. The Morgan fingerprint density at radius 1 is 0.462 bits per heavy atom. The maximum atomic E-state index is 4.26. The van der Waals surface area contributed by atoms with Crippen LogP contribution in [0, 0.1) is 0 Å². The topological polar surface area (TPSA) is 25.8 Å². The predicted molar refractivity (Wildman–Crippen MR) is 115 cm³/mol. The van der Waals surface area contributed by atoms with Gasteiger partial charge in [0, 0.05) is 32.5 Å². The van der Waals surface area contributed by atoms with Crippen LogP contribution in [0.1, 0.15) is 0 Å². The maximum absolute atomic E-state index is 4.26. The smallest absolute Gasteiger partial charge is 0.0701 e. The zero-order valence-electron chi connectivity index (χ0n) is 13.9. The Morgan fingerprint density at radius 2 is 0.846 bits per heavy atom. The van der Waals surface area contributed by atoms with E-state index in [1.807, 2.05) is 84.9 Å². The molecule has 4 heteroatoms. The molecule has 26 heavy (non-hydrogen) atoms. The van der Waals surface area contributed by atoms with Gasteiger partial charge in [-0.15, -0.1) is 0 Å². The zero-order chi connectivity index (χ0) is 18.2. The summed E-state index contributed by atoms with van der Waals surface area (Å²) in [7, 11) is 0. The van der Waals surface area contributed by atoms with E-state index in [1.54, 1.807) is 12.4 Å². The summed E-state index contributed by atoms with van der Waals surface area (Å²) in [6.07, 6.45) is 3.61. The SMILES string of the molecule is Brc1ccc(-c2ccccn2)cc1.Brc1ccc(-c2ccccn2)cc1. The van der Waals surface area contributed by atoms with Crippen LogP contribution in [-0.4, -0.2) is 9.97 Å². The molecule has 4 rings (SSSR count). The summed E-state index contributed by atoms with van der Waals surface area (Å²) in [5.41, 5.74) is 4.30. The summed E-state index contributed by atoms with van der Waals surface area (Å²) >= 11 is 6.80. The fourth-order valence-electron chi connectivity index (χ4n) is 2.31. The molecule has 2 aromatic carbocycles. The van der Waals surface area contributed by atoms with E-state index in [9.17, 15) is 0 Å². The van der Waals surface area contributed by atoms with Gasteiger partial charge in [-0.25, -0.2) is 0 Å². The van der Waals surface area contributed by atoms with Crippen LogP contribution in [0.3, 0.4) is 0 Å². The van der Waals surface area contributed by atoms with Crippen molar-refractivity contribution in [2.75, 3.05) is 0 Å². The second-order valence-corrected chi connectivity index (χ2v) is 7.28. The quantitative estimate of drug-likeness (QED) is 0.316. The molecular weight excluding hydrogens is 452 g/mol. The minimum absolute atomic E-state index is 1.01. The molecule has 0 fully saturated rings. The summed E-state index contributed by atoms with van der Waals surface area (Å²) in [6, 6.07) is 28.1. The molecule has 2 heterocycles. The summed E-state index contributed by atoms with van der Waals surface area (Å²) in [4.78, 5) is 8.53. The Kier molecular flexibility index (Phi) is 6.69. The van der Waals surface area contributed by atoms with Gasteiger partial charge < -0.3 is 0 Å². The van der Waals surface area contributed by atoms with Gasteiger partial charge in [0.25, 0.3) is 0 Å². The van der Waals surface area contributed by atoms with E-state index in [-0.39, 0.29) is 0 Å². The Balaban J connectivity index is 0.000000151. The highest BCUT2D eigenvalue weighted by atomic mass is 79.9. The number of rotatable bonds is 2. The first-order valence-corrected chi connectivity index (χ1v) is 9.65. The molecule has 128 valence electrons. The van der Waals surface area contributed by atoms with Gasteiger partial charge in [0.15, 0.2) is 0 Å². The van der Waals surface area contributed by atoms with Crippen molar-refractivity contribution < 1.29 is 0 Å². The van der Waals surface area contributed by atoms with Gasteiger partial charge >= 0.3 is 0 Å². The Morgan fingerprint density at radius 3 is 1.15 bits per heavy atom. The molecule has 0 aliphatic heterocycles. The lowest BCUT2D eigenvalue weighted by molar-refractivity contribution is 1.33. The number of hydrogen-bond donors (Lipinski definition) is 0. The Bertz CT molecular complexity index is 842. The van der Waals surface area contributed by atoms with Gasteiger partial charge in [-0.1, -0.05) is 68.3 Å². The number of hydrogen-bond acceptors (Lipinski definition) is 2. The first-order valence-electron chi connectivity index (χ1n) is 8.06. The van der Waals surface area contributed by atoms with E-state index >= 15 is 0 Å². The molecule has 0 amide bonds. The molecule has 0 saturated carbocycles. The minimum atomic E-state index is 1.01. The lowest BCUT2D eigenvalue weighted by atomic mass is 10.1. The highest BCUT2D eigenvalue weighted by Crippen LogP contribution is 2.19. The molecule has 2 nitrogen and oxygen atoms in total. The lowest BCUT2D eigenvalue weighted by Crippen LogP contribution is -1.80. The number of halogens is 2. The monoisotopic (exact) mass is 466 g/mol. The summed E-state index contributed by atoms with van der Waals surface area (Å²) in [5, 5.41) is 0.